The van der Waals surface area contributed by atoms with Crippen molar-refractivity contribution in [1.82, 2.24) is 5.32 Å². The van der Waals surface area contributed by atoms with Crippen molar-refractivity contribution in [2.24, 2.45) is 0 Å². The van der Waals surface area contributed by atoms with E-state index in [2.05, 4.69) is 26.6 Å². The predicted molar refractivity (Wildman–Crippen MR) is 77.8 cm³/mol. The molecule has 0 unspecified atom stereocenters. The van der Waals surface area contributed by atoms with Crippen LogP contribution in [0.2, 0.25) is 0 Å². The van der Waals surface area contributed by atoms with E-state index < -0.39 is 17.9 Å². The maximum absolute atomic E-state index is 11.9. The molecule has 0 heterocycles. The van der Waals surface area contributed by atoms with E-state index in [1.807, 2.05) is 12.1 Å². The van der Waals surface area contributed by atoms with Gasteiger partial charge >= 0.3 is 6.03 Å². The average molecular weight is 331 g/mol. The summed E-state index contributed by atoms with van der Waals surface area (Å²) in [6.07, 6.45) is -0.748. The fraction of sp³-hybridized carbons (Fsp3) is 0.462. The number of carbonyl (C=O) groups is 1. The van der Waals surface area contributed by atoms with Crippen LogP contribution in [0.5, 0.6) is 0 Å². The summed E-state index contributed by atoms with van der Waals surface area (Å²) in [5, 5.41) is 24.1. The summed E-state index contributed by atoms with van der Waals surface area (Å²) in [4.78, 5) is 11.9. The lowest BCUT2D eigenvalue weighted by atomic mass is 9.92. The summed E-state index contributed by atoms with van der Waals surface area (Å²) in [5.74, 6) is 0. The molecule has 0 aromatic heterocycles. The Balaban J connectivity index is 2.70. The zero-order valence-corrected chi connectivity index (χ0v) is 12.6. The number of anilines is 1. The van der Waals surface area contributed by atoms with Gasteiger partial charge in [0, 0.05) is 10.2 Å². The van der Waals surface area contributed by atoms with Crippen molar-refractivity contribution < 1.29 is 15.0 Å². The van der Waals surface area contributed by atoms with E-state index in [0.29, 0.717) is 18.5 Å². The van der Waals surface area contributed by atoms with Crippen LogP contribution in [0.4, 0.5) is 10.5 Å². The Bertz CT molecular complexity index is 416. The van der Waals surface area contributed by atoms with E-state index in [1.165, 1.54) is 0 Å². The number of hydrogen-bond acceptors (Lipinski definition) is 3. The van der Waals surface area contributed by atoms with Gasteiger partial charge in [0.15, 0.2) is 6.29 Å². The lowest BCUT2D eigenvalue weighted by molar-refractivity contribution is -0.107. The van der Waals surface area contributed by atoms with E-state index in [0.717, 1.165) is 4.47 Å². The highest BCUT2D eigenvalue weighted by Crippen LogP contribution is 2.19. The molecule has 19 heavy (non-hydrogen) atoms. The number of aliphatic hydroxyl groups is 2. The Hall–Kier alpha value is -1.11. The molecule has 106 valence electrons. The van der Waals surface area contributed by atoms with Crippen LogP contribution in [0.1, 0.15) is 26.7 Å². The Labute approximate surface area is 121 Å². The molecule has 5 nitrogen and oxygen atoms in total. The Morgan fingerprint density at radius 3 is 2.21 bits per heavy atom. The summed E-state index contributed by atoms with van der Waals surface area (Å²) in [7, 11) is 0. The Morgan fingerprint density at radius 2 is 1.79 bits per heavy atom. The normalized spacial score (nSPS) is 11.5. The maximum Gasteiger partial charge on any atom is 0.319 e. The molecule has 0 bridgehead atoms. The van der Waals surface area contributed by atoms with Gasteiger partial charge in [-0.3, -0.25) is 0 Å². The van der Waals surface area contributed by atoms with Crippen molar-refractivity contribution in [3.05, 3.63) is 28.7 Å². The number of carbonyl (C=O) groups excluding carboxylic acids is 1. The third-order valence-corrected chi connectivity index (χ3v) is 3.75. The first kappa shape index (κ1) is 15.9. The molecule has 0 spiro atoms. The first-order chi connectivity index (χ1) is 8.93. The highest BCUT2D eigenvalue weighted by molar-refractivity contribution is 9.10. The van der Waals surface area contributed by atoms with E-state index in [4.69, 9.17) is 0 Å². The first-order valence-electron chi connectivity index (χ1n) is 6.14. The van der Waals surface area contributed by atoms with Crippen LogP contribution in [0, 0.1) is 0 Å². The van der Waals surface area contributed by atoms with Gasteiger partial charge in [0.2, 0.25) is 0 Å². The fourth-order valence-electron chi connectivity index (χ4n) is 1.78. The molecule has 0 saturated heterocycles. The summed E-state index contributed by atoms with van der Waals surface area (Å²) in [6, 6.07) is 6.66. The minimum absolute atomic E-state index is 0.426. The van der Waals surface area contributed by atoms with Crippen LogP contribution in [0.3, 0.4) is 0 Å². The van der Waals surface area contributed by atoms with Crippen LogP contribution in [-0.4, -0.2) is 28.1 Å². The SMILES string of the molecule is CCC(CC)(NC(=O)Nc1ccc(Br)cc1)C(O)O. The smallest absolute Gasteiger partial charge is 0.319 e. The van der Waals surface area contributed by atoms with E-state index in [1.54, 1.807) is 26.0 Å². The molecule has 1 aromatic rings. The van der Waals surface area contributed by atoms with Crippen molar-refractivity contribution in [3.63, 3.8) is 0 Å². The third kappa shape index (κ3) is 4.19. The minimum Gasteiger partial charge on any atom is -0.366 e. The second-order valence-corrected chi connectivity index (χ2v) is 5.24. The van der Waals surface area contributed by atoms with Crippen molar-refractivity contribution in [1.29, 1.82) is 0 Å². The summed E-state index contributed by atoms with van der Waals surface area (Å²) in [5.41, 5.74) is -0.395. The van der Waals surface area contributed by atoms with Gasteiger partial charge in [-0.1, -0.05) is 29.8 Å². The molecule has 4 N–H and O–H groups in total. The van der Waals surface area contributed by atoms with Crippen LogP contribution >= 0.6 is 15.9 Å². The molecule has 0 aliphatic rings. The molecule has 6 heteroatoms. The second kappa shape index (κ2) is 6.88. The molecule has 1 aromatic carbocycles. The number of benzene rings is 1. The van der Waals surface area contributed by atoms with Crippen LogP contribution < -0.4 is 10.6 Å². The predicted octanol–water partition coefficient (Wildman–Crippen LogP) is 2.44. The van der Waals surface area contributed by atoms with E-state index in [-0.39, 0.29) is 0 Å². The standard InChI is InChI=1S/C13H19BrN2O3/c1-3-13(4-2,11(17)18)16-12(19)15-10-7-5-9(14)6-8-10/h5-8,11,17-18H,3-4H2,1-2H3,(H2,15,16,19). The number of halogens is 1. The highest BCUT2D eigenvalue weighted by atomic mass is 79.9. The largest absolute Gasteiger partial charge is 0.366 e. The fourth-order valence-corrected chi connectivity index (χ4v) is 2.04. The van der Waals surface area contributed by atoms with Crippen LogP contribution in [0.15, 0.2) is 28.7 Å². The maximum atomic E-state index is 11.9. The number of urea groups is 1. The van der Waals surface area contributed by atoms with Gasteiger partial charge in [-0.05, 0) is 37.1 Å². The quantitative estimate of drug-likeness (QED) is 0.626. The van der Waals surface area contributed by atoms with Crippen LogP contribution in [0.25, 0.3) is 0 Å². The van der Waals surface area contributed by atoms with E-state index in [9.17, 15) is 15.0 Å². The molecule has 0 saturated carbocycles. The summed E-state index contributed by atoms with van der Waals surface area (Å²) >= 11 is 3.31. The lowest BCUT2D eigenvalue weighted by Crippen LogP contribution is -2.57. The van der Waals surface area contributed by atoms with Gasteiger partial charge in [-0.15, -0.1) is 0 Å². The van der Waals surface area contributed by atoms with Gasteiger partial charge in [0.25, 0.3) is 0 Å². The zero-order valence-electron chi connectivity index (χ0n) is 11.0. The van der Waals surface area contributed by atoms with Crippen molar-refractivity contribution in [2.75, 3.05) is 5.32 Å². The summed E-state index contributed by atoms with van der Waals surface area (Å²) < 4.78 is 0.917. The van der Waals surface area contributed by atoms with Gasteiger partial charge in [0.1, 0.15) is 0 Å². The summed E-state index contributed by atoms with van der Waals surface area (Å²) in [6.45, 7) is 3.59. The number of nitrogens with one attached hydrogen (secondary N) is 2. The second-order valence-electron chi connectivity index (χ2n) is 4.32. The van der Waals surface area contributed by atoms with Crippen LogP contribution in [-0.2, 0) is 0 Å². The number of aliphatic hydroxyl groups excluding tert-OH is 1. The molecule has 0 aliphatic carbocycles. The van der Waals surface area contributed by atoms with E-state index >= 15 is 0 Å². The topological polar surface area (TPSA) is 81.6 Å². The highest BCUT2D eigenvalue weighted by Gasteiger charge is 2.35. The van der Waals surface area contributed by atoms with Gasteiger partial charge in [-0.25, -0.2) is 4.79 Å². The number of hydrogen-bond donors (Lipinski definition) is 4. The molecule has 2 amide bonds. The first-order valence-corrected chi connectivity index (χ1v) is 6.93. The molecular formula is C13H19BrN2O3. The minimum atomic E-state index is -1.60. The Kier molecular flexibility index (Phi) is 5.78. The van der Waals surface area contributed by atoms with Crippen molar-refractivity contribution in [2.45, 2.75) is 38.5 Å². The van der Waals surface area contributed by atoms with Gasteiger partial charge in [0.05, 0.1) is 5.54 Å². The number of rotatable bonds is 5. The van der Waals surface area contributed by atoms with Gasteiger partial charge < -0.3 is 20.8 Å². The molecule has 0 fully saturated rings. The average Bonchev–Trinajstić information content (AvgIpc) is 2.38. The monoisotopic (exact) mass is 330 g/mol. The molecule has 1 rings (SSSR count). The lowest BCUT2D eigenvalue weighted by Gasteiger charge is -2.34. The molecule has 0 aliphatic heterocycles. The van der Waals surface area contributed by atoms with Crippen molar-refractivity contribution in [3.8, 4) is 0 Å². The Morgan fingerprint density at radius 1 is 1.26 bits per heavy atom. The molecule has 0 radical (unpaired) electrons. The molecular weight excluding hydrogens is 312 g/mol. The molecule has 0 atom stereocenters. The zero-order chi connectivity index (χ0) is 14.5. The van der Waals surface area contributed by atoms with Crippen molar-refractivity contribution >= 4 is 27.6 Å². The number of amides is 2. The van der Waals surface area contributed by atoms with Gasteiger partial charge in [-0.2, -0.15) is 0 Å². The third-order valence-electron chi connectivity index (χ3n) is 3.22.